The second-order valence-electron chi connectivity index (χ2n) is 7.36. The van der Waals surface area contributed by atoms with Crippen LogP contribution in [0.25, 0.3) is 6.08 Å². The van der Waals surface area contributed by atoms with Gasteiger partial charge in [0.2, 0.25) is 5.78 Å². The molecule has 5 nitrogen and oxygen atoms in total. The second-order valence-corrected chi connectivity index (χ2v) is 7.80. The summed E-state index contributed by atoms with van der Waals surface area (Å²) in [6, 6.07) is 19.2. The quantitative estimate of drug-likeness (QED) is 0.382. The van der Waals surface area contributed by atoms with Gasteiger partial charge >= 0.3 is 0 Å². The zero-order valence-electron chi connectivity index (χ0n) is 16.8. The van der Waals surface area contributed by atoms with Crippen molar-refractivity contribution in [2.45, 2.75) is 0 Å². The maximum absolute atomic E-state index is 12.7. The van der Waals surface area contributed by atoms with E-state index >= 15 is 0 Å². The number of fused-ring (bicyclic) bond motifs is 2. The minimum absolute atomic E-state index is 0.138. The summed E-state index contributed by atoms with van der Waals surface area (Å²) in [5.74, 6) is 1.49. The molecule has 0 saturated heterocycles. The van der Waals surface area contributed by atoms with Crippen LogP contribution in [0.3, 0.4) is 0 Å². The van der Waals surface area contributed by atoms with Crippen LogP contribution in [-0.2, 0) is 0 Å². The molecule has 0 unspecified atom stereocenters. The fourth-order valence-electron chi connectivity index (χ4n) is 3.51. The summed E-state index contributed by atoms with van der Waals surface area (Å²) in [5.41, 5.74) is 2.75. The Hall–Kier alpha value is -3.83. The maximum Gasteiger partial charge on any atom is 0.231 e. The molecule has 0 saturated carbocycles. The van der Waals surface area contributed by atoms with Gasteiger partial charge in [0.15, 0.2) is 18.1 Å². The van der Waals surface area contributed by atoms with Gasteiger partial charge < -0.3 is 14.2 Å². The molecule has 5 rings (SSSR count). The lowest BCUT2D eigenvalue weighted by Crippen LogP contribution is -2.11. The molecule has 0 bridgehead atoms. The Labute approximate surface area is 189 Å². The van der Waals surface area contributed by atoms with Crippen molar-refractivity contribution in [3.63, 3.8) is 0 Å². The predicted molar refractivity (Wildman–Crippen MR) is 121 cm³/mol. The van der Waals surface area contributed by atoms with Crippen molar-refractivity contribution < 1.29 is 23.8 Å². The van der Waals surface area contributed by atoms with Crippen molar-refractivity contribution in [1.82, 2.24) is 0 Å². The summed E-state index contributed by atoms with van der Waals surface area (Å²) in [4.78, 5) is 25.0. The minimum atomic E-state index is -0.205. The topological polar surface area (TPSA) is 61.8 Å². The molecule has 0 radical (unpaired) electrons. The van der Waals surface area contributed by atoms with Gasteiger partial charge in [-0.3, -0.25) is 9.59 Å². The first-order valence-corrected chi connectivity index (χ1v) is 10.4. The standard InChI is InChI=1S/C26H17ClO5/c27-19-7-5-17(6-8-19)22(28)15-30-20-9-10-21-24(13-20)32-25(26(21)29)12-16-11-18-3-1-2-4-23(18)31-14-16/h1-13H,14-15H2. The average molecular weight is 445 g/mol. The predicted octanol–water partition coefficient (Wildman–Crippen LogP) is 5.54. The first-order chi connectivity index (χ1) is 15.6. The Morgan fingerprint density at radius 3 is 2.69 bits per heavy atom. The number of allylic oxidation sites excluding steroid dienone is 1. The Balaban J connectivity index is 1.29. The summed E-state index contributed by atoms with van der Waals surface area (Å²) >= 11 is 5.85. The molecular weight excluding hydrogens is 428 g/mol. The number of Topliss-reactive ketones (excluding diaryl/α,β-unsaturated/α-hetero) is 2. The van der Waals surface area contributed by atoms with Crippen LogP contribution in [0, 0.1) is 0 Å². The number of halogens is 1. The number of hydrogen-bond donors (Lipinski definition) is 0. The zero-order valence-corrected chi connectivity index (χ0v) is 17.6. The van der Waals surface area contributed by atoms with Gasteiger partial charge in [-0.1, -0.05) is 29.8 Å². The summed E-state index contributed by atoms with van der Waals surface area (Å²) < 4.78 is 17.1. The third-order valence-electron chi connectivity index (χ3n) is 5.15. The molecule has 3 aromatic rings. The highest BCUT2D eigenvalue weighted by molar-refractivity contribution is 6.30. The Morgan fingerprint density at radius 2 is 1.84 bits per heavy atom. The lowest BCUT2D eigenvalue weighted by atomic mass is 10.1. The molecule has 0 N–H and O–H groups in total. The van der Waals surface area contributed by atoms with E-state index in [9.17, 15) is 9.59 Å². The lowest BCUT2D eigenvalue weighted by Gasteiger charge is -2.15. The van der Waals surface area contributed by atoms with E-state index in [0.29, 0.717) is 34.3 Å². The number of para-hydroxylation sites is 1. The van der Waals surface area contributed by atoms with Crippen LogP contribution in [-0.4, -0.2) is 24.8 Å². The van der Waals surface area contributed by atoms with Gasteiger partial charge in [0, 0.05) is 22.2 Å². The molecule has 0 aliphatic carbocycles. The Bertz CT molecular complexity index is 1290. The third kappa shape index (κ3) is 4.03. The molecular formula is C26H17ClO5. The number of carbonyl (C=O) groups is 2. The van der Waals surface area contributed by atoms with Crippen LogP contribution in [0.4, 0.5) is 0 Å². The molecule has 32 heavy (non-hydrogen) atoms. The van der Waals surface area contributed by atoms with Crippen molar-refractivity contribution in [2.75, 3.05) is 13.2 Å². The van der Waals surface area contributed by atoms with E-state index in [4.69, 9.17) is 25.8 Å². The highest BCUT2D eigenvalue weighted by Crippen LogP contribution is 2.35. The molecule has 0 atom stereocenters. The van der Waals surface area contributed by atoms with Crippen LogP contribution in [0.2, 0.25) is 5.02 Å². The van der Waals surface area contributed by atoms with Crippen LogP contribution in [0.1, 0.15) is 26.3 Å². The molecule has 0 spiro atoms. The van der Waals surface area contributed by atoms with Crippen molar-refractivity contribution in [3.05, 3.63) is 106 Å². The number of hydrogen-bond acceptors (Lipinski definition) is 5. The van der Waals surface area contributed by atoms with Crippen molar-refractivity contribution >= 4 is 29.2 Å². The molecule has 2 heterocycles. The fraction of sp³-hybridized carbons (Fsp3) is 0.0769. The van der Waals surface area contributed by atoms with Gasteiger partial charge in [-0.25, -0.2) is 0 Å². The van der Waals surface area contributed by atoms with E-state index in [0.717, 1.165) is 16.9 Å². The number of rotatable bonds is 5. The first-order valence-electron chi connectivity index (χ1n) is 9.99. The zero-order chi connectivity index (χ0) is 22.1. The SMILES string of the molecule is O=C(COc1ccc2c(c1)OC(=CC1=Cc3ccccc3OC1)C2=O)c1ccc(Cl)cc1. The molecule has 3 aromatic carbocycles. The molecule has 0 amide bonds. The van der Waals surface area contributed by atoms with Gasteiger partial charge in [0.25, 0.3) is 0 Å². The molecule has 6 heteroatoms. The highest BCUT2D eigenvalue weighted by Gasteiger charge is 2.28. The monoisotopic (exact) mass is 444 g/mol. The Kier molecular flexibility index (Phi) is 5.25. The summed E-state index contributed by atoms with van der Waals surface area (Å²) in [5, 5.41) is 0.562. The van der Waals surface area contributed by atoms with E-state index in [-0.39, 0.29) is 23.9 Å². The van der Waals surface area contributed by atoms with E-state index in [1.54, 1.807) is 48.5 Å². The number of carbonyl (C=O) groups excluding carboxylic acids is 2. The van der Waals surface area contributed by atoms with Crippen LogP contribution >= 0.6 is 11.6 Å². The number of benzene rings is 3. The minimum Gasteiger partial charge on any atom is -0.488 e. The second kappa shape index (κ2) is 8.36. The highest BCUT2D eigenvalue weighted by atomic mass is 35.5. The Morgan fingerprint density at radius 1 is 1.03 bits per heavy atom. The van der Waals surface area contributed by atoms with Gasteiger partial charge in [0.1, 0.15) is 23.9 Å². The molecule has 2 aliphatic heterocycles. The normalized spacial score (nSPS) is 15.3. The van der Waals surface area contributed by atoms with Crippen LogP contribution < -0.4 is 14.2 Å². The van der Waals surface area contributed by atoms with E-state index in [1.807, 2.05) is 30.3 Å². The van der Waals surface area contributed by atoms with Crippen molar-refractivity contribution in [2.24, 2.45) is 0 Å². The first kappa shape index (κ1) is 20.1. The molecule has 158 valence electrons. The van der Waals surface area contributed by atoms with Gasteiger partial charge in [-0.05, 0) is 60.2 Å². The van der Waals surface area contributed by atoms with E-state index in [2.05, 4.69) is 0 Å². The van der Waals surface area contributed by atoms with E-state index < -0.39 is 0 Å². The fourth-order valence-corrected chi connectivity index (χ4v) is 3.64. The number of ketones is 2. The van der Waals surface area contributed by atoms with Gasteiger partial charge in [-0.2, -0.15) is 0 Å². The lowest BCUT2D eigenvalue weighted by molar-refractivity contribution is 0.0921. The van der Waals surface area contributed by atoms with Crippen molar-refractivity contribution in [1.29, 1.82) is 0 Å². The molecule has 2 aliphatic rings. The van der Waals surface area contributed by atoms with Gasteiger partial charge in [-0.15, -0.1) is 0 Å². The maximum atomic E-state index is 12.7. The van der Waals surface area contributed by atoms with Crippen LogP contribution in [0.5, 0.6) is 17.2 Å². The summed E-state index contributed by atoms with van der Waals surface area (Å²) in [6.07, 6.45) is 3.67. The third-order valence-corrected chi connectivity index (χ3v) is 5.40. The molecule has 0 fully saturated rings. The molecule has 0 aromatic heterocycles. The smallest absolute Gasteiger partial charge is 0.231 e. The largest absolute Gasteiger partial charge is 0.488 e. The summed E-state index contributed by atoms with van der Waals surface area (Å²) in [7, 11) is 0. The van der Waals surface area contributed by atoms with Gasteiger partial charge in [0.05, 0.1) is 5.56 Å². The van der Waals surface area contributed by atoms with E-state index in [1.165, 1.54) is 0 Å². The summed E-state index contributed by atoms with van der Waals surface area (Å²) in [6.45, 7) is 0.218. The van der Waals surface area contributed by atoms with Crippen LogP contribution in [0.15, 0.2) is 84.1 Å². The van der Waals surface area contributed by atoms with Crippen molar-refractivity contribution in [3.8, 4) is 17.2 Å². The average Bonchev–Trinajstić information content (AvgIpc) is 3.12. The number of ether oxygens (including phenoxy) is 3.